The van der Waals surface area contributed by atoms with Crippen LogP contribution in [-0.4, -0.2) is 19.5 Å². The Kier molecular flexibility index (Phi) is 35.4. The lowest BCUT2D eigenvalue weighted by atomic mass is 9.88. The smallest absolute Gasteiger partial charge is 0.157 e. The van der Waals surface area contributed by atoms with E-state index in [1.54, 1.807) is 0 Å². The van der Waals surface area contributed by atoms with Crippen LogP contribution in [0.25, 0.3) is 0 Å². The Morgan fingerprint density at radius 2 is 1.00 bits per heavy atom. The number of hydrogen-bond donors (Lipinski definition) is 0. The van der Waals surface area contributed by atoms with Gasteiger partial charge in [0.15, 0.2) is 6.29 Å². The Hall–Kier alpha value is -0.600. The first kappa shape index (κ1) is 42.4. The van der Waals surface area contributed by atoms with E-state index in [1.165, 1.54) is 161 Å². The number of ether oxygens (including phenoxy) is 2. The van der Waals surface area contributed by atoms with Crippen LogP contribution in [-0.2, 0) is 9.47 Å². The Labute approximate surface area is 272 Å². The van der Waals surface area contributed by atoms with E-state index in [0.717, 1.165) is 37.9 Å². The van der Waals surface area contributed by atoms with Crippen molar-refractivity contribution >= 4 is 0 Å². The van der Waals surface area contributed by atoms with Crippen LogP contribution in [0, 0.1) is 11.8 Å². The minimum Gasteiger partial charge on any atom is -0.350 e. The molecule has 1 heterocycles. The van der Waals surface area contributed by atoms with Crippen molar-refractivity contribution in [2.24, 2.45) is 11.8 Å². The SMILES string of the molecule is CC.CCCCC/C=C\C/C=C\CCCCCCCCCC(CCCCCCCCC1OCCO1)CCCC(C)CCC. The molecule has 0 aromatic carbocycles. The summed E-state index contributed by atoms with van der Waals surface area (Å²) in [5.74, 6) is 1.91. The minimum absolute atomic E-state index is 0.0978. The van der Waals surface area contributed by atoms with Gasteiger partial charge in [0.2, 0.25) is 0 Å². The van der Waals surface area contributed by atoms with Crippen LogP contribution in [0.1, 0.15) is 208 Å². The van der Waals surface area contributed by atoms with E-state index >= 15 is 0 Å². The fourth-order valence-electron chi connectivity index (χ4n) is 6.45. The molecule has 2 heteroatoms. The maximum absolute atomic E-state index is 5.56. The summed E-state index contributed by atoms with van der Waals surface area (Å²) in [6, 6.07) is 0. The molecule has 0 saturated carbocycles. The van der Waals surface area contributed by atoms with Gasteiger partial charge in [-0.25, -0.2) is 0 Å². The first-order valence-electron chi connectivity index (χ1n) is 19.8. The van der Waals surface area contributed by atoms with E-state index in [1.807, 2.05) is 13.8 Å². The summed E-state index contributed by atoms with van der Waals surface area (Å²) >= 11 is 0. The molecule has 0 bridgehead atoms. The third-order valence-electron chi connectivity index (χ3n) is 9.15. The quantitative estimate of drug-likeness (QED) is 0.0579. The van der Waals surface area contributed by atoms with Crippen LogP contribution in [0.3, 0.4) is 0 Å². The fourth-order valence-corrected chi connectivity index (χ4v) is 6.45. The summed E-state index contributed by atoms with van der Waals surface area (Å²) in [4.78, 5) is 0. The third kappa shape index (κ3) is 31.2. The van der Waals surface area contributed by atoms with Crippen molar-refractivity contribution in [2.75, 3.05) is 13.2 Å². The van der Waals surface area contributed by atoms with Gasteiger partial charge in [0.05, 0.1) is 13.2 Å². The van der Waals surface area contributed by atoms with Crippen LogP contribution < -0.4 is 0 Å². The van der Waals surface area contributed by atoms with Crippen molar-refractivity contribution in [1.29, 1.82) is 0 Å². The molecule has 1 aliphatic heterocycles. The Balaban J connectivity index is 0.00000862. The average Bonchev–Trinajstić information content (AvgIpc) is 3.54. The zero-order chi connectivity index (χ0) is 31.5. The van der Waals surface area contributed by atoms with Crippen molar-refractivity contribution in [3.63, 3.8) is 0 Å². The van der Waals surface area contributed by atoms with Gasteiger partial charge in [-0.3, -0.25) is 0 Å². The normalized spacial score (nSPS) is 15.4. The summed E-state index contributed by atoms with van der Waals surface area (Å²) in [7, 11) is 0. The lowest BCUT2D eigenvalue weighted by Crippen LogP contribution is -2.06. The van der Waals surface area contributed by atoms with Gasteiger partial charge in [-0.2, -0.15) is 0 Å². The zero-order valence-corrected chi connectivity index (χ0v) is 30.4. The topological polar surface area (TPSA) is 18.5 Å². The first-order valence-corrected chi connectivity index (χ1v) is 19.8. The molecule has 256 valence electrons. The second-order valence-corrected chi connectivity index (χ2v) is 13.3. The lowest BCUT2D eigenvalue weighted by Gasteiger charge is -2.18. The number of hydrogen-bond acceptors (Lipinski definition) is 2. The van der Waals surface area contributed by atoms with Crippen LogP contribution in [0.4, 0.5) is 0 Å². The summed E-state index contributed by atoms with van der Waals surface area (Å²) in [5.41, 5.74) is 0. The summed E-state index contributed by atoms with van der Waals surface area (Å²) in [6.07, 6.45) is 46.8. The summed E-state index contributed by atoms with van der Waals surface area (Å²) < 4.78 is 11.1. The van der Waals surface area contributed by atoms with Gasteiger partial charge < -0.3 is 9.47 Å². The molecule has 2 nitrogen and oxygen atoms in total. The van der Waals surface area contributed by atoms with Crippen LogP contribution in [0.5, 0.6) is 0 Å². The van der Waals surface area contributed by atoms with Gasteiger partial charge in [-0.1, -0.05) is 187 Å². The van der Waals surface area contributed by atoms with Gasteiger partial charge >= 0.3 is 0 Å². The molecule has 2 atom stereocenters. The molecule has 0 aliphatic carbocycles. The van der Waals surface area contributed by atoms with Gasteiger partial charge in [-0.05, 0) is 56.8 Å². The van der Waals surface area contributed by atoms with Crippen LogP contribution >= 0.6 is 0 Å². The maximum Gasteiger partial charge on any atom is 0.157 e. The fraction of sp³-hybridized carbons (Fsp3) is 0.902. The van der Waals surface area contributed by atoms with Gasteiger partial charge in [0.25, 0.3) is 0 Å². The van der Waals surface area contributed by atoms with E-state index in [4.69, 9.17) is 9.47 Å². The highest BCUT2D eigenvalue weighted by molar-refractivity contribution is 4.92. The van der Waals surface area contributed by atoms with Gasteiger partial charge in [0.1, 0.15) is 0 Å². The monoisotopic (exact) mass is 605 g/mol. The Morgan fingerprint density at radius 3 is 1.56 bits per heavy atom. The summed E-state index contributed by atoms with van der Waals surface area (Å²) in [6.45, 7) is 12.7. The van der Waals surface area contributed by atoms with Gasteiger partial charge in [0, 0.05) is 0 Å². The van der Waals surface area contributed by atoms with E-state index in [2.05, 4.69) is 45.1 Å². The number of allylic oxidation sites excluding steroid dienone is 4. The minimum atomic E-state index is 0.0978. The molecule has 1 fully saturated rings. The van der Waals surface area contributed by atoms with Crippen LogP contribution in [0.15, 0.2) is 24.3 Å². The second kappa shape index (κ2) is 35.9. The second-order valence-electron chi connectivity index (χ2n) is 13.3. The average molecular weight is 605 g/mol. The summed E-state index contributed by atoms with van der Waals surface area (Å²) in [5, 5.41) is 0. The van der Waals surface area contributed by atoms with Crippen molar-refractivity contribution in [1.82, 2.24) is 0 Å². The Morgan fingerprint density at radius 1 is 0.512 bits per heavy atom. The first-order chi connectivity index (χ1) is 21.3. The maximum atomic E-state index is 5.56. The highest BCUT2D eigenvalue weighted by Crippen LogP contribution is 2.26. The van der Waals surface area contributed by atoms with E-state index < -0.39 is 0 Å². The molecular formula is C41H80O2. The van der Waals surface area contributed by atoms with Gasteiger partial charge in [-0.15, -0.1) is 0 Å². The molecule has 43 heavy (non-hydrogen) atoms. The van der Waals surface area contributed by atoms with Crippen molar-refractivity contribution < 1.29 is 9.47 Å². The molecule has 0 amide bonds. The van der Waals surface area contributed by atoms with E-state index in [-0.39, 0.29) is 6.29 Å². The predicted octanol–water partition coefficient (Wildman–Crippen LogP) is 14.3. The van der Waals surface area contributed by atoms with Crippen LogP contribution in [0.2, 0.25) is 0 Å². The largest absolute Gasteiger partial charge is 0.350 e. The molecule has 0 N–H and O–H groups in total. The molecule has 1 aliphatic rings. The molecular weight excluding hydrogens is 524 g/mol. The highest BCUT2D eigenvalue weighted by atomic mass is 16.7. The van der Waals surface area contributed by atoms with Crippen molar-refractivity contribution in [2.45, 2.75) is 214 Å². The van der Waals surface area contributed by atoms with E-state index in [0.29, 0.717) is 0 Å². The predicted molar refractivity (Wildman–Crippen MR) is 194 cm³/mol. The molecule has 1 saturated heterocycles. The standard InChI is InChI=1S/C39H74O2.C2H6/c1-4-6-7-8-9-10-11-12-13-14-15-16-17-18-19-22-25-31-38(33-28-30-37(3)29-5-2)32-26-23-20-21-24-27-34-39-40-35-36-41-39;1-2/h9-10,12-13,37-39H,4-8,11,14-36H2,1-3H3;1-2H3/b10-9-,13-12-;. The molecule has 0 radical (unpaired) electrons. The lowest BCUT2D eigenvalue weighted by molar-refractivity contribution is -0.0480. The molecule has 1 rings (SSSR count). The number of unbranched alkanes of at least 4 members (excludes halogenated alkanes) is 15. The van der Waals surface area contributed by atoms with E-state index in [9.17, 15) is 0 Å². The molecule has 0 aromatic heterocycles. The zero-order valence-electron chi connectivity index (χ0n) is 30.4. The molecule has 0 spiro atoms. The Bertz CT molecular complexity index is 562. The molecule has 0 aromatic rings. The van der Waals surface area contributed by atoms with Crippen molar-refractivity contribution in [3.8, 4) is 0 Å². The van der Waals surface area contributed by atoms with Crippen molar-refractivity contribution in [3.05, 3.63) is 24.3 Å². The number of rotatable bonds is 31. The molecule has 2 unspecified atom stereocenters. The third-order valence-corrected chi connectivity index (χ3v) is 9.15. The highest BCUT2D eigenvalue weighted by Gasteiger charge is 2.14.